The number of aryl methyl sites for hydroxylation is 1. The van der Waals surface area contributed by atoms with Crippen molar-refractivity contribution in [1.82, 2.24) is 15.1 Å². The molecule has 2 amide bonds. The Morgan fingerprint density at radius 2 is 1.87 bits per heavy atom. The van der Waals surface area contributed by atoms with Gasteiger partial charge < -0.3 is 10.2 Å². The molecule has 2 heterocycles. The standard InChI is InChI=1S/C23H24N4O3/c1-16-19-9-2-3-10-20(19)23(30)27(25-16)15-21(28)24-14-17-7-6-8-18(13-17)26-12-5-4-11-22(26)29/h2-3,6-10,13H,4-5,11-12,14-15H2,1H3,(H,24,28). The number of hydrogen-bond acceptors (Lipinski definition) is 4. The summed E-state index contributed by atoms with van der Waals surface area (Å²) in [5.41, 5.74) is 2.18. The van der Waals surface area contributed by atoms with Crippen molar-refractivity contribution in [3.63, 3.8) is 0 Å². The fourth-order valence-corrected chi connectivity index (χ4v) is 3.82. The number of rotatable bonds is 5. The molecule has 0 unspecified atom stereocenters. The summed E-state index contributed by atoms with van der Waals surface area (Å²) in [5, 5.41) is 8.47. The average molecular weight is 404 g/mol. The van der Waals surface area contributed by atoms with Gasteiger partial charge in [0.05, 0.1) is 11.1 Å². The van der Waals surface area contributed by atoms with Crippen molar-refractivity contribution in [3.05, 3.63) is 70.1 Å². The van der Waals surface area contributed by atoms with Gasteiger partial charge in [0.15, 0.2) is 0 Å². The third kappa shape index (κ3) is 4.10. The molecule has 7 heteroatoms. The zero-order valence-corrected chi connectivity index (χ0v) is 16.9. The Balaban J connectivity index is 1.44. The number of carbonyl (C=O) groups is 2. The van der Waals surface area contributed by atoms with Crippen molar-refractivity contribution in [2.45, 2.75) is 39.3 Å². The molecule has 0 saturated carbocycles. The van der Waals surface area contributed by atoms with Crippen LogP contribution in [-0.4, -0.2) is 28.1 Å². The summed E-state index contributed by atoms with van der Waals surface area (Å²) in [6, 6.07) is 14.9. The molecule has 0 atom stereocenters. The van der Waals surface area contributed by atoms with E-state index in [1.54, 1.807) is 17.0 Å². The van der Waals surface area contributed by atoms with Gasteiger partial charge in [-0.05, 0) is 43.5 Å². The maximum absolute atomic E-state index is 12.6. The van der Waals surface area contributed by atoms with Crippen LogP contribution in [0.25, 0.3) is 10.8 Å². The summed E-state index contributed by atoms with van der Waals surface area (Å²) in [4.78, 5) is 39.0. The van der Waals surface area contributed by atoms with E-state index in [4.69, 9.17) is 0 Å². The molecule has 3 aromatic rings. The van der Waals surface area contributed by atoms with Crippen molar-refractivity contribution in [2.75, 3.05) is 11.4 Å². The highest BCUT2D eigenvalue weighted by Gasteiger charge is 2.19. The first-order valence-corrected chi connectivity index (χ1v) is 10.2. The summed E-state index contributed by atoms with van der Waals surface area (Å²) in [6.07, 6.45) is 2.51. The maximum Gasteiger partial charge on any atom is 0.275 e. The topological polar surface area (TPSA) is 84.3 Å². The van der Waals surface area contributed by atoms with Gasteiger partial charge in [0.2, 0.25) is 11.8 Å². The van der Waals surface area contributed by atoms with Gasteiger partial charge in [-0.25, -0.2) is 4.68 Å². The summed E-state index contributed by atoms with van der Waals surface area (Å²) < 4.78 is 1.20. The number of hydrogen-bond donors (Lipinski definition) is 1. The lowest BCUT2D eigenvalue weighted by Gasteiger charge is -2.27. The van der Waals surface area contributed by atoms with Crippen LogP contribution < -0.4 is 15.8 Å². The van der Waals surface area contributed by atoms with Gasteiger partial charge in [0.25, 0.3) is 5.56 Å². The summed E-state index contributed by atoms with van der Waals surface area (Å²) in [5.74, 6) is -0.154. The molecule has 1 saturated heterocycles. The lowest BCUT2D eigenvalue weighted by Crippen LogP contribution is -2.35. The fourth-order valence-electron chi connectivity index (χ4n) is 3.82. The molecule has 1 aliphatic rings. The number of nitrogens with zero attached hydrogens (tertiary/aromatic N) is 3. The van der Waals surface area contributed by atoms with Gasteiger partial charge >= 0.3 is 0 Å². The largest absolute Gasteiger partial charge is 0.350 e. The molecule has 2 aromatic carbocycles. The smallest absolute Gasteiger partial charge is 0.275 e. The molecule has 1 N–H and O–H groups in total. The number of anilines is 1. The van der Waals surface area contributed by atoms with Crippen LogP contribution in [-0.2, 0) is 22.7 Å². The van der Waals surface area contributed by atoms with Gasteiger partial charge in [-0.15, -0.1) is 0 Å². The van der Waals surface area contributed by atoms with E-state index in [0.29, 0.717) is 24.0 Å². The van der Waals surface area contributed by atoms with Gasteiger partial charge in [-0.1, -0.05) is 30.3 Å². The highest BCUT2D eigenvalue weighted by Crippen LogP contribution is 2.21. The molecular formula is C23H24N4O3. The Kier molecular flexibility index (Phi) is 5.61. The fraction of sp³-hybridized carbons (Fsp3) is 0.304. The monoisotopic (exact) mass is 404 g/mol. The Morgan fingerprint density at radius 1 is 1.07 bits per heavy atom. The molecule has 1 aliphatic heterocycles. The van der Waals surface area contributed by atoms with Gasteiger partial charge in [-0.2, -0.15) is 5.10 Å². The van der Waals surface area contributed by atoms with Crippen LogP contribution in [0.4, 0.5) is 5.69 Å². The second kappa shape index (κ2) is 8.49. The van der Waals surface area contributed by atoms with Crippen molar-refractivity contribution >= 4 is 28.3 Å². The van der Waals surface area contributed by atoms with Crippen LogP contribution >= 0.6 is 0 Å². The van der Waals surface area contributed by atoms with E-state index in [-0.39, 0.29) is 23.9 Å². The number of carbonyl (C=O) groups excluding carboxylic acids is 2. The van der Waals surface area contributed by atoms with Crippen LogP contribution in [0.5, 0.6) is 0 Å². The predicted molar refractivity (Wildman–Crippen MR) is 115 cm³/mol. The Hall–Kier alpha value is -3.48. The Labute approximate surface area is 174 Å². The van der Waals surface area contributed by atoms with Crippen LogP contribution in [0, 0.1) is 6.92 Å². The molecule has 7 nitrogen and oxygen atoms in total. The minimum atomic E-state index is -0.293. The highest BCUT2D eigenvalue weighted by atomic mass is 16.2. The zero-order valence-electron chi connectivity index (χ0n) is 16.9. The lowest BCUT2D eigenvalue weighted by atomic mass is 10.1. The van der Waals surface area contributed by atoms with Crippen LogP contribution in [0.1, 0.15) is 30.5 Å². The van der Waals surface area contributed by atoms with Crippen LogP contribution in [0.3, 0.4) is 0 Å². The molecule has 0 aliphatic carbocycles. The van der Waals surface area contributed by atoms with Crippen molar-refractivity contribution in [3.8, 4) is 0 Å². The van der Waals surface area contributed by atoms with E-state index in [1.807, 2.05) is 43.3 Å². The normalized spacial score (nSPS) is 14.2. The maximum atomic E-state index is 12.6. The van der Waals surface area contributed by atoms with E-state index in [0.717, 1.165) is 36.0 Å². The number of amides is 2. The highest BCUT2D eigenvalue weighted by molar-refractivity contribution is 5.94. The minimum absolute atomic E-state index is 0.138. The quantitative estimate of drug-likeness (QED) is 0.708. The molecule has 1 fully saturated rings. The molecular weight excluding hydrogens is 380 g/mol. The van der Waals surface area contributed by atoms with Gasteiger partial charge in [0.1, 0.15) is 6.54 Å². The molecule has 0 radical (unpaired) electrons. The van der Waals surface area contributed by atoms with Crippen LogP contribution in [0.2, 0.25) is 0 Å². The van der Waals surface area contributed by atoms with Crippen molar-refractivity contribution in [2.24, 2.45) is 0 Å². The zero-order chi connectivity index (χ0) is 21.1. The number of benzene rings is 2. The second-order valence-electron chi connectivity index (χ2n) is 7.54. The van der Waals surface area contributed by atoms with E-state index in [9.17, 15) is 14.4 Å². The summed E-state index contributed by atoms with van der Waals surface area (Å²) >= 11 is 0. The number of fused-ring (bicyclic) bond motifs is 1. The average Bonchev–Trinajstić information content (AvgIpc) is 2.76. The first kappa shape index (κ1) is 19.8. The second-order valence-corrected chi connectivity index (χ2v) is 7.54. The van der Waals surface area contributed by atoms with E-state index >= 15 is 0 Å². The molecule has 0 bridgehead atoms. The van der Waals surface area contributed by atoms with E-state index in [1.165, 1.54) is 4.68 Å². The van der Waals surface area contributed by atoms with Crippen molar-refractivity contribution < 1.29 is 9.59 Å². The van der Waals surface area contributed by atoms with Gasteiger partial charge in [-0.3, -0.25) is 14.4 Å². The number of piperidine rings is 1. The molecule has 0 spiro atoms. The first-order chi connectivity index (χ1) is 14.5. The summed E-state index contributed by atoms with van der Waals surface area (Å²) in [7, 11) is 0. The number of aromatic nitrogens is 2. The Bertz CT molecular complexity index is 1170. The third-order valence-electron chi connectivity index (χ3n) is 5.38. The first-order valence-electron chi connectivity index (χ1n) is 10.2. The van der Waals surface area contributed by atoms with E-state index in [2.05, 4.69) is 10.4 Å². The van der Waals surface area contributed by atoms with E-state index < -0.39 is 0 Å². The van der Waals surface area contributed by atoms with Crippen LogP contribution in [0.15, 0.2) is 53.3 Å². The molecule has 4 rings (SSSR count). The minimum Gasteiger partial charge on any atom is -0.350 e. The predicted octanol–water partition coefficient (Wildman–Crippen LogP) is 2.54. The summed E-state index contributed by atoms with van der Waals surface area (Å²) in [6.45, 7) is 2.72. The third-order valence-corrected chi connectivity index (χ3v) is 5.38. The molecule has 154 valence electrons. The van der Waals surface area contributed by atoms with Gasteiger partial charge in [0, 0.05) is 30.6 Å². The lowest BCUT2D eigenvalue weighted by molar-refractivity contribution is -0.122. The van der Waals surface area contributed by atoms with Crippen molar-refractivity contribution in [1.29, 1.82) is 0 Å². The number of nitrogens with one attached hydrogen (secondary N) is 1. The Morgan fingerprint density at radius 3 is 2.67 bits per heavy atom. The SMILES string of the molecule is Cc1nn(CC(=O)NCc2cccc(N3CCCCC3=O)c2)c(=O)c2ccccc12. The molecule has 30 heavy (non-hydrogen) atoms. The molecule has 1 aromatic heterocycles.